The van der Waals surface area contributed by atoms with Crippen LogP contribution in [0.25, 0.3) is 0 Å². The van der Waals surface area contributed by atoms with Gasteiger partial charge in [-0.3, -0.25) is 4.79 Å². The molecule has 2 rings (SSSR count). The summed E-state index contributed by atoms with van der Waals surface area (Å²) in [7, 11) is -3.69. The molecule has 0 bridgehead atoms. The molecular formula is C15H21FN2O3S. The summed E-state index contributed by atoms with van der Waals surface area (Å²) in [6.45, 7) is 4.28. The van der Waals surface area contributed by atoms with Gasteiger partial charge in [-0.05, 0) is 51.0 Å². The third-order valence-corrected chi connectivity index (χ3v) is 5.52. The molecule has 1 fully saturated rings. The Hall–Kier alpha value is -1.47. The fourth-order valence-electron chi connectivity index (χ4n) is 2.53. The van der Waals surface area contributed by atoms with Gasteiger partial charge in [-0.1, -0.05) is 0 Å². The molecule has 1 atom stereocenters. The molecule has 0 unspecified atom stereocenters. The van der Waals surface area contributed by atoms with E-state index in [9.17, 15) is 17.6 Å². The Bertz CT molecular complexity index is 629. The number of hydrogen-bond acceptors (Lipinski definition) is 3. The zero-order chi connectivity index (χ0) is 16.3. The van der Waals surface area contributed by atoms with Crippen molar-refractivity contribution in [2.75, 3.05) is 13.1 Å². The van der Waals surface area contributed by atoms with Gasteiger partial charge in [0, 0.05) is 19.1 Å². The summed E-state index contributed by atoms with van der Waals surface area (Å²) in [6, 6.07) is 4.78. The third-order valence-electron chi connectivity index (χ3n) is 3.64. The Morgan fingerprint density at radius 3 is 2.55 bits per heavy atom. The van der Waals surface area contributed by atoms with Gasteiger partial charge < -0.3 is 5.32 Å². The van der Waals surface area contributed by atoms with Crippen molar-refractivity contribution in [2.24, 2.45) is 5.92 Å². The SMILES string of the molecule is CC(C)NC(=O)[C@H]1CCCN(S(=O)(=O)c2ccc(F)cc2)C1. The molecule has 1 amide bonds. The largest absolute Gasteiger partial charge is 0.354 e. The molecular weight excluding hydrogens is 307 g/mol. The van der Waals surface area contributed by atoms with Gasteiger partial charge in [0.25, 0.3) is 0 Å². The van der Waals surface area contributed by atoms with E-state index >= 15 is 0 Å². The zero-order valence-corrected chi connectivity index (χ0v) is 13.6. The van der Waals surface area contributed by atoms with Crippen LogP contribution in [-0.4, -0.2) is 37.8 Å². The van der Waals surface area contributed by atoms with E-state index in [1.807, 2.05) is 13.8 Å². The van der Waals surface area contributed by atoms with Crippen LogP contribution in [0.3, 0.4) is 0 Å². The number of nitrogens with zero attached hydrogens (tertiary/aromatic N) is 1. The van der Waals surface area contributed by atoms with Crippen molar-refractivity contribution < 1.29 is 17.6 Å². The maximum atomic E-state index is 12.9. The first-order valence-electron chi connectivity index (χ1n) is 7.37. The van der Waals surface area contributed by atoms with Crippen LogP contribution in [0.4, 0.5) is 4.39 Å². The van der Waals surface area contributed by atoms with E-state index in [-0.39, 0.29) is 29.3 Å². The van der Waals surface area contributed by atoms with Gasteiger partial charge in [0.05, 0.1) is 10.8 Å². The number of carbonyl (C=O) groups is 1. The van der Waals surface area contributed by atoms with Crippen LogP contribution < -0.4 is 5.32 Å². The second-order valence-corrected chi connectivity index (χ2v) is 7.76. The molecule has 22 heavy (non-hydrogen) atoms. The molecule has 1 aromatic carbocycles. The zero-order valence-electron chi connectivity index (χ0n) is 12.8. The average Bonchev–Trinajstić information content (AvgIpc) is 2.47. The number of benzene rings is 1. The monoisotopic (exact) mass is 328 g/mol. The molecule has 0 radical (unpaired) electrons. The van der Waals surface area contributed by atoms with E-state index in [2.05, 4.69) is 5.32 Å². The molecule has 122 valence electrons. The molecule has 0 spiro atoms. The summed E-state index contributed by atoms with van der Waals surface area (Å²) < 4.78 is 39.4. The summed E-state index contributed by atoms with van der Waals surface area (Å²) in [5, 5.41) is 2.82. The number of nitrogens with one attached hydrogen (secondary N) is 1. The predicted molar refractivity (Wildman–Crippen MR) is 81.2 cm³/mol. The van der Waals surface area contributed by atoms with Crippen LogP contribution in [0, 0.1) is 11.7 Å². The molecule has 1 heterocycles. The topological polar surface area (TPSA) is 66.5 Å². The number of piperidine rings is 1. The molecule has 1 aliphatic heterocycles. The number of halogens is 1. The lowest BCUT2D eigenvalue weighted by atomic mass is 9.98. The highest BCUT2D eigenvalue weighted by Crippen LogP contribution is 2.24. The highest BCUT2D eigenvalue weighted by molar-refractivity contribution is 7.89. The molecule has 1 N–H and O–H groups in total. The number of carbonyl (C=O) groups excluding carboxylic acids is 1. The first kappa shape index (κ1) is 16.9. The van der Waals surface area contributed by atoms with Crippen LogP contribution >= 0.6 is 0 Å². The third kappa shape index (κ3) is 3.84. The molecule has 7 heteroatoms. The van der Waals surface area contributed by atoms with Crippen LogP contribution in [0.5, 0.6) is 0 Å². The predicted octanol–water partition coefficient (Wildman–Crippen LogP) is 1.75. The average molecular weight is 328 g/mol. The maximum absolute atomic E-state index is 12.9. The highest BCUT2D eigenvalue weighted by atomic mass is 32.2. The summed E-state index contributed by atoms with van der Waals surface area (Å²) in [6.07, 6.45) is 1.31. The Morgan fingerprint density at radius 1 is 1.32 bits per heavy atom. The van der Waals surface area contributed by atoms with Crippen molar-refractivity contribution in [3.63, 3.8) is 0 Å². The Labute approximate surface area is 130 Å². The number of amides is 1. The molecule has 0 aliphatic carbocycles. The number of hydrogen-bond donors (Lipinski definition) is 1. The van der Waals surface area contributed by atoms with E-state index < -0.39 is 15.8 Å². The minimum absolute atomic E-state index is 0.0246. The number of rotatable bonds is 4. The minimum Gasteiger partial charge on any atom is -0.354 e. The summed E-state index contributed by atoms with van der Waals surface area (Å²) in [5.41, 5.74) is 0. The second-order valence-electron chi connectivity index (χ2n) is 5.82. The Balaban J connectivity index is 2.14. The van der Waals surface area contributed by atoms with E-state index in [4.69, 9.17) is 0 Å². The quantitative estimate of drug-likeness (QED) is 0.916. The van der Waals surface area contributed by atoms with E-state index in [1.165, 1.54) is 16.4 Å². The molecule has 0 saturated carbocycles. The lowest BCUT2D eigenvalue weighted by Crippen LogP contribution is -2.46. The normalized spacial score (nSPS) is 20.1. The van der Waals surface area contributed by atoms with Gasteiger partial charge in [-0.25, -0.2) is 12.8 Å². The molecule has 1 aromatic rings. The fourth-order valence-corrected chi connectivity index (χ4v) is 4.06. The van der Waals surface area contributed by atoms with Gasteiger partial charge >= 0.3 is 0 Å². The lowest BCUT2D eigenvalue weighted by molar-refractivity contribution is -0.126. The van der Waals surface area contributed by atoms with Crippen LogP contribution in [0.1, 0.15) is 26.7 Å². The summed E-state index contributed by atoms with van der Waals surface area (Å²) in [5.74, 6) is -0.938. The van der Waals surface area contributed by atoms with Crippen molar-refractivity contribution in [1.29, 1.82) is 0 Å². The van der Waals surface area contributed by atoms with E-state index in [0.717, 1.165) is 12.1 Å². The summed E-state index contributed by atoms with van der Waals surface area (Å²) >= 11 is 0. The number of sulfonamides is 1. The minimum atomic E-state index is -3.69. The fraction of sp³-hybridized carbons (Fsp3) is 0.533. The summed E-state index contributed by atoms with van der Waals surface area (Å²) in [4.78, 5) is 12.1. The van der Waals surface area contributed by atoms with Crippen molar-refractivity contribution in [3.8, 4) is 0 Å². The Morgan fingerprint density at radius 2 is 1.95 bits per heavy atom. The van der Waals surface area contributed by atoms with Gasteiger partial charge in [0.2, 0.25) is 15.9 Å². The van der Waals surface area contributed by atoms with Crippen LogP contribution in [0.2, 0.25) is 0 Å². The molecule has 5 nitrogen and oxygen atoms in total. The first-order chi connectivity index (χ1) is 10.3. The van der Waals surface area contributed by atoms with Crippen molar-refractivity contribution in [1.82, 2.24) is 9.62 Å². The van der Waals surface area contributed by atoms with E-state index in [0.29, 0.717) is 19.4 Å². The van der Waals surface area contributed by atoms with Crippen LogP contribution in [0.15, 0.2) is 29.2 Å². The van der Waals surface area contributed by atoms with Gasteiger partial charge in [-0.15, -0.1) is 0 Å². The van der Waals surface area contributed by atoms with Gasteiger partial charge in [-0.2, -0.15) is 4.31 Å². The highest BCUT2D eigenvalue weighted by Gasteiger charge is 2.33. The molecule has 1 saturated heterocycles. The van der Waals surface area contributed by atoms with Gasteiger partial charge in [0.15, 0.2) is 0 Å². The van der Waals surface area contributed by atoms with Crippen molar-refractivity contribution in [3.05, 3.63) is 30.1 Å². The first-order valence-corrected chi connectivity index (χ1v) is 8.81. The standard InChI is InChI=1S/C15H21FN2O3S/c1-11(2)17-15(19)12-4-3-9-18(10-12)22(20,21)14-7-5-13(16)6-8-14/h5-8,11-12H,3-4,9-10H2,1-2H3,(H,17,19)/t12-/m0/s1. The maximum Gasteiger partial charge on any atom is 0.243 e. The molecule has 1 aliphatic rings. The Kier molecular flexibility index (Phi) is 5.18. The lowest BCUT2D eigenvalue weighted by Gasteiger charge is -2.31. The van der Waals surface area contributed by atoms with E-state index in [1.54, 1.807) is 0 Å². The van der Waals surface area contributed by atoms with Gasteiger partial charge in [0.1, 0.15) is 5.82 Å². The molecule has 0 aromatic heterocycles. The smallest absolute Gasteiger partial charge is 0.243 e. The van der Waals surface area contributed by atoms with Crippen molar-refractivity contribution in [2.45, 2.75) is 37.6 Å². The van der Waals surface area contributed by atoms with Crippen LogP contribution in [-0.2, 0) is 14.8 Å². The second kappa shape index (κ2) is 6.75. The van der Waals surface area contributed by atoms with Crippen molar-refractivity contribution >= 4 is 15.9 Å².